The van der Waals surface area contributed by atoms with Gasteiger partial charge in [0.2, 0.25) is 0 Å². The van der Waals surface area contributed by atoms with Crippen LogP contribution in [0.15, 0.2) is 17.3 Å². The van der Waals surface area contributed by atoms with E-state index < -0.39 is 0 Å². The zero-order valence-corrected chi connectivity index (χ0v) is 10.7. The maximum absolute atomic E-state index is 4.67. The summed E-state index contributed by atoms with van der Waals surface area (Å²) < 4.78 is 0. The molecule has 86 valence electrons. The normalized spacial score (nSPS) is 14.9. The first kappa shape index (κ1) is 11.3. The van der Waals surface area contributed by atoms with Crippen LogP contribution in [-0.4, -0.2) is 10.7 Å². The van der Waals surface area contributed by atoms with Crippen LogP contribution in [0.25, 0.3) is 0 Å². The first-order valence-corrected chi connectivity index (χ1v) is 6.06. The molecule has 16 heavy (non-hydrogen) atoms. The predicted molar refractivity (Wildman–Crippen MR) is 68.6 cm³/mol. The van der Waals surface area contributed by atoms with Crippen molar-refractivity contribution in [1.29, 1.82) is 0 Å². The molecule has 2 rings (SSSR count). The van der Waals surface area contributed by atoms with Crippen molar-refractivity contribution in [3.05, 3.63) is 23.5 Å². The van der Waals surface area contributed by atoms with Gasteiger partial charge in [0, 0.05) is 18.3 Å². The molecule has 1 aromatic heterocycles. The van der Waals surface area contributed by atoms with Gasteiger partial charge in [-0.3, -0.25) is 9.98 Å². The Morgan fingerprint density at radius 3 is 2.69 bits per heavy atom. The van der Waals surface area contributed by atoms with Gasteiger partial charge < -0.3 is 0 Å². The molecule has 0 saturated heterocycles. The van der Waals surface area contributed by atoms with Gasteiger partial charge in [0.25, 0.3) is 0 Å². The lowest BCUT2D eigenvalue weighted by Crippen LogP contribution is -2.11. The summed E-state index contributed by atoms with van der Waals surface area (Å²) in [7, 11) is 0. The molecule has 0 aromatic carbocycles. The van der Waals surface area contributed by atoms with Crippen LogP contribution < -0.4 is 0 Å². The zero-order chi connectivity index (χ0) is 11.8. The highest BCUT2D eigenvalue weighted by atomic mass is 14.9. The molecule has 1 aromatic rings. The van der Waals surface area contributed by atoms with Gasteiger partial charge in [-0.1, -0.05) is 34.1 Å². The third-order valence-electron chi connectivity index (χ3n) is 3.00. The number of aromatic nitrogens is 1. The summed E-state index contributed by atoms with van der Waals surface area (Å²) in [4.78, 5) is 9.21. The van der Waals surface area contributed by atoms with Crippen molar-refractivity contribution in [1.82, 2.24) is 4.98 Å². The number of aliphatic imine (C=N–C) groups is 1. The lowest BCUT2D eigenvalue weighted by Gasteiger charge is -2.18. The quantitative estimate of drug-likeness (QED) is 0.738. The van der Waals surface area contributed by atoms with Crippen molar-refractivity contribution in [3.8, 4) is 0 Å². The van der Waals surface area contributed by atoms with Gasteiger partial charge in [0.05, 0.1) is 11.4 Å². The summed E-state index contributed by atoms with van der Waals surface area (Å²) in [6.45, 7) is 8.82. The van der Waals surface area contributed by atoms with Crippen LogP contribution in [0.3, 0.4) is 0 Å². The molecule has 0 atom stereocenters. The highest BCUT2D eigenvalue weighted by Gasteiger charge is 2.20. The molecule has 0 N–H and O–H groups in total. The minimum atomic E-state index is 0.158. The molecule has 0 amide bonds. The summed E-state index contributed by atoms with van der Waals surface area (Å²) >= 11 is 0. The Labute approximate surface area is 97.8 Å². The monoisotopic (exact) mass is 216 g/mol. The SMILES string of the molecule is CCCC1=Nc2cc(C(C)(C)C)cnc2C1. The summed E-state index contributed by atoms with van der Waals surface area (Å²) in [5, 5.41) is 0. The highest BCUT2D eigenvalue weighted by molar-refractivity contribution is 5.93. The molecule has 0 radical (unpaired) electrons. The second-order valence-corrected chi connectivity index (χ2v) is 5.54. The molecule has 0 fully saturated rings. The fraction of sp³-hybridized carbons (Fsp3) is 0.571. The zero-order valence-electron chi connectivity index (χ0n) is 10.7. The largest absolute Gasteiger partial charge is 0.258 e. The number of rotatable bonds is 2. The number of hydrogen-bond acceptors (Lipinski definition) is 2. The Bertz CT molecular complexity index is 425. The average molecular weight is 216 g/mol. The van der Waals surface area contributed by atoms with Gasteiger partial charge in [0.1, 0.15) is 0 Å². The van der Waals surface area contributed by atoms with Gasteiger partial charge in [-0.2, -0.15) is 0 Å². The Morgan fingerprint density at radius 2 is 2.06 bits per heavy atom. The molecule has 1 aliphatic rings. The van der Waals surface area contributed by atoms with E-state index in [-0.39, 0.29) is 5.41 Å². The Morgan fingerprint density at radius 1 is 1.31 bits per heavy atom. The highest BCUT2D eigenvalue weighted by Crippen LogP contribution is 2.31. The van der Waals surface area contributed by atoms with Gasteiger partial charge >= 0.3 is 0 Å². The summed E-state index contributed by atoms with van der Waals surface area (Å²) in [6, 6.07) is 2.20. The molecule has 2 nitrogen and oxygen atoms in total. The van der Waals surface area contributed by atoms with E-state index in [1.54, 1.807) is 0 Å². The van der Waals surface area contributed by atoms with Crippen molar-refractivity contribution in [2.45, 2.75) is 52.4 Å². The average Bonchev–Trinajstić information content (AvgIpc) is 2.57. The Balaban J connectivity index is 2.31. The van der Waals surface area contributed by atoms with Crippen LogP contribution in [0.5, 0.6) is 0 Å². The smallest absolute Gasteiger partial charge is 0.0851 e. The predicted octanol–water partition coefficient (Wildman–Crippen LogP) is 3.81. The van der Waals surface area contributed by atoms with Crippen LogP contribution in [-0.2, 0) is 11.8 Å². The fourth-order valence-corrected chi connectivity index (χ4v) is 1.96. The molecular formula is C14H20N2. The summed E-state index contributed by atoms with van der Waals surface area (Å²) in [5.41, 5.74) is 4.96. The van der Waals surface area contributed by atoms with Crippen molar-refractivity contribution in [3.63, 3.8) is 0 Å². The summed E-state index contributed by atoms with van der Waals surface area (Å²) in [6.07, 6.45) is 5.22. The van der Waals surface area contributed by atoms with Crippen LogP contribution in [0.1, 0.15) is 51.8 Å². The minimum absolute atomic E-state index is 0.158. The van der Waals surface area contributed by atoms with E-state index in [1.807, 2.05) is 6.20 Å². The molecule has 2 heterocycles. The maximum Gasteiger partial charge on any atom is 0.0851 e. The first-order chi connectivity index (χ1) is 7.50. The number of fused-ring (bicyclic) bond motifs is 1. The fourth-order valence-electron chi connectivity index (χ4n) is 1.96. The first-order valence-electron chi connectivity index (χ1n) is 6.06. The molecule has 0 spiro atoms. The Hall–Kier alpha value is -1.18. The minimum Gasteiger partial charge on any atom is -0.258 e. The van der Waals surface area contributed by atoms with E-state index in [1.165, 1.54) is 17.7 Å². The van der Waals surface area contributed by atoms with Gasteiger partial charge in [-0.25, -0.2) is 0 Å². The lowest BCUT2D eigenvalue weighted by atomic mass is 9.88. The molecule has 1 aliphatic heterocycles. The van der Waals surface area contributed by atoms with E-state index in [2.05, 4.69) is 43.7 Å². The van der Waals surface area contributed by atoms with Gasteiger partial charge in [-0.05, 0) is 23.5 Å². The topological polar surface area (TPSA) is 25.2 Å². The van der Waals surface area contributed by atoms with E-state index in [0.29, 0.717) is 0 Å². The van der Waals surface area contributed by atoms with Crippen molar-refractivity contribution in [2.24, 2.45) is 4.99 Å². The van der Waals surface area contributed by atoms with E-state index in [9.17, 15) is 0 Å². The van der Waals surface area contributed by atoms with Crippen LogP contribution in [0, 0.1) is 0 Å². The lowest BCUT2D eigenvalue weighted by molar-refractivity contribution is 0.587. The standard InChI is InChI=1S/C14H20N2/c1-5-6-11-8-12-13(16-11)7-10(9-15-12)14(2,3)4/h7,9H,5-6,8H2,1-4H3. The molecule has 2 heteroatoms. The molecule has 0 bridgehead atoms. The van der Waals surface area contributed by atoms with Crippen molar-refractivity contribution >= 4 is 11.4 Å². The summed E-state index contributed by atoms with van der Waals surface area (Å²) in [5.74, 6) is 0. The van der Waals surface area contributed by atoms with Gasteiger partial charge in [-0.15, -0.1) is 0 Å². The van der Waals surface area contributed by atoms with E-state index in [0.717, 1.165) is 24.2 Å². The molecular weight excluding hydrogens is 196 g/mol. The molecule has 0 saturated carbocycles. The molecule has 0 unspecified atom stereocenters. The van der Waals surface area contributed by atoms with Gasteiger partial charge in [0.15, 0.2) is 0 Å². The van der Waals surface area contributed by atoms with E-state index >= 15 is 0 Å². The number of hydrogen-bond donors (Lipinski definition) is 0. The molecule has 0 aliphatic carbocycles. The van der Waals surface area contributed by atoms with E-state index in [4.69, 9.17) is 0 Å². The second kappa shape index (κ2) is 4.00. The van der Waals surface area contributed by atoms with Crippen LogP contribution in [0.2, 0.25) is 0 Å². The Kier molecular flexibility index (Phi) is 2.83. The number of pyridine rings is 1. The second-order valence-electron chi connectivity index (χ2n) is 5.54. The third-order valence-corrected chi connectivity index (χ3v) is 3.00. The van der Waals surface area contributed by atoms with Crippen molar-refractivity contribution in [2.75, 3.05) is 0 Å². The van der Waals surface area contributed by atoms with Crippen LogP contribution >= 0.6 is 0 Å². The van der Waals surface area contributed by atoms with Crippen molar-refractivity contribution < 1.29 is 0 Å². The third kappa shape index (κ3) is 2.16. The number of nitrogens with zero attached hydrogens (tertiary/aromatic N) is 2. The maximum atomic E-state index is 4.67. The van der Waals surface area contributed by atoms with Crippen LogP contribution in [0.4, 0.5) is 5.69 Å².